The van der Waals surface area contributed by atoms with E-state index in [9.17, 15) is 9.90 Å². The third-order valence-electron chi connectivity index (χ3n) is 5.40. The molecule has 2 amide bonds. The summed E-state index contributed by atoms with van der Waals surface area (Å²) in [6.45, 7) is 5.43. The predicted molar refractivity (Wildman–Crippen MR) is 86.6 cm³/mol. The lowest BCUT2D eigenvalue weighted by Crippen LogP contribution is -2.48. The summed E-state index contributed by atoms with van der Waals surface area (Å²) < 4.78 is 0. The number of piperidine rings is 1. The summed E-state index contributed by atoms with van der Waals surface area (Å²) in [7, 11) is 0. The Kier molecular flexibility index (Phi) is 5.24. The number of aliphatic hydroxyl groups excluding tert-OH is 1. The van der Waals surface area contributed by atoms with Gasteiger partial charge in [-0.3, -0.25) is 0 Å². The van der Waals surface area contributed by atoms with Crippen molar-refractivity contribution in [2.24, 2.45) is 17.8 Å². The number of β-amino-alcohol motifs (C(OH)–C–C–N with tert-alkyl or cyclic N) is 1. The molecular formula is C17H31N3O2. The number of urea groups is 1. The van der Waals surface area contributed by atoms with Gasteiger partial charge in [0.05, 0.1) is 6.10 Å². The normalized spacial score (nSPS) is 25.2. The maximum atomic E-state index is 12.0. The SMILES string of the molecule is CC1CCN(CC(O)CNC(=O)NC(C2CC2)C2CC2)CC1. The molecule has 0 radical (unpaired) electrons. The maximum absolute atomic E-state index is 12.0. The highest BCUT2D eigenvalue weighted by Crippen LogP contribution is 2.44. The number of rotatable bonds is 7. The number of nitrogens with zero attached hydrogens (tertiary/aromatic N) is 1. The lowest BCUT2D eigenvalue weighted by atomic mass is 9.99. The van der Waals surface area contributed by atoms with Crippen LogP contribution in [-0.2, 0) is 0 Å². The van der Waals surface area contributed by atoms with Gasteiger partial charge in [0.15, 0.2) is 0 Å². The van der Waals surface area contributed by atoms with Crippen molar-refractivity contribution in [2.75, 3.05) is 26.2 Å². The van der Waals surface area contributed by atoms with Crippen LogP contribution < -0.4 is 10.6 Å². The first kappa shape index (κ1) is 16.1. The van der Waals surface area contributed by atoms with Crippen LogP contribution >= 0.6 is 0 Å². The Morgan fingerprint density at radius 3 is 2.27 bits per heavy atom. The van der Waals surface area contributed by atoms with Crippen LogP contribution in [0.4, 0.5) is 4.79 Å². The zero-order chi connectivity index (χ0) is 15.5. The van der Waals surface area contributed by atoms with Crippen LogP contribution in [0.1, 0.15) is 45.4 Å². The van der Waals surface area contributed by atoms with Crippen molar-refractivity contribution in [3.8, 4) is 0 Å². The topological polar surface area (TPSA) is 64.6 Å². The predicted octanol–water partition coefficient (Wildman–Crippen LogP) is 1.57. The van der Waals surface area contributed by atoms with Gasteiger partial charge in [-0.15, -0.1) is 0 Å². The van der Waals surface area contributed by atoms with Gasteiger partial charge in [-0.25, -0.2) is 4.79 Å². The molecule has 22 heavy (non-hydrogen) atoms. The number of nitrogens with one attached hydrogen (secondary N) is 2. The van der Waals surface area contributed by atoms with Gasteiger partial charge in [0.1, 0.15) is 0 Å². The van der Waals surface area contributed by atoms with Crippen molar-refractivity contribution in [2.45, 2.75) is 57.6 Å². The Morgan fingerprint density at radius 2 is 1.73 bits per heavy atom. The van der Waals surface area contributed by atoms with Crippen molar-refractivity contribution in [3.05, 3.63) is 0 Å². The molecule has 0 spiro atoms. The van der Waals surface area contributed by atoms with Gasteiger partial charge in [0, 0.05) is 19.1 Å². The van der Waals surface area contributed by atoms with E-state index in [1.165, 1.54) is 38.5 Å². The number of hydrogen-bond donors (Lipinski definition) is 3. The summed E-state index contributed by atoms with van der Waals surface area (Å²) in [5, 5.41) is 16.1. The largest absolute Gasteiger partial charge is 0.390 e. The molecule has 0 bridgehead atoms. The summed E-state index contributed by atoms with van der Waals surface area (Å²) in [6.07, 6.45) is 7.00. The van der Waals surface area contributed by atoms with E-state index in [2.05, 4.69) is 22.5 Å². The third-order valence-corrected chi connectivity index (χ3v) is 5.40. The van der Waals surface area contributed by atoms with Crippen LogP contribution in [0, 0.1) is 17.8 Å². The Labute approximate surface area is 133 Å². The number of carbonyl (C=O) groups excluding carboxylic acids is 1. The lowest BCUT2D eigenvalue weighted by Gasteiger charge is -2.31. The minimum absolute atomic E-state index is 0.102. The fourth-order valence-corrected chi connectivity index (χ4v) is 3.55. The standard InChI is InChI=1S/C17H31N3O2/c1-12-6-8-20(9-7-12)11-15(21)10-18-17(22)19-16(13-2-3-13)14-4-5-14/h12-16,21H,2-11H2,1H3,(H2,18,19,22). The van der Waals surface area contributed by atoms with Gasteiger partial charge < -0.3 is 20.6 Å². The molecule has 2 saturated carbocycles. The summed E-state index contributed by atoms with van der Waals surface area (Å²) in [5.41, 5.74) is 0. The van der Waals surface area contributed by atoms with E-state index < -0.39 is 6.10 Å². The van der Waals surface area contributed by atoms with Crippen LogP contribution in [-0.4, -0.2) is 54.4 Å². The first-order chi connectivity index (χ1) is 10.6. The number of aliphatic hydroxyl groups is 1. The zero-order valence-electron chi connectivity index (χ0n) is 13.8. The van der Waals surface area contributed by atoms with E-state index in [4.69, 9.17) is 0 Å². The van der Waals surface area contributed by atoms with Gasteiger partial charge in [0.2, 0.25) is 0 Å². The van der Waals surface area contributed by atoms with E-state index in [1.54, 1.807) is 0 Å². The molecule has 126 valence electrons. The Morgan fingerprint density at radius 1 is 1.14 bits per heavy atom. The molecule has 3 rings (SSSR count). The number of likely N-dealkylation sites (tertiary alicyclic amines) is 1. The quantitative estimate of drug-likeness (QED) is 0.669. The van der Waals surface area contributed by atoms with Crippen LogP contribution in [0.5, 0.6) is 0 Å². The second-order valence-electron chi connectivity index (χ2n) is 7.69. The summed E-state index contributed by atoms with van der Waals surface area (Å²) in [4.78, 5) is 14.3. The minimum Gasteiger partial charge on any atom is -0.390 e. The smallest absolute Gasteiger partial charge is 0.315 e. The zero-order valence-corrected chi connectivity index (χ0v) is 13.8. The summed E-state index contributed by atoms with van der Waals surface area (Å²) >= 11 is 0. The van der Waals surface area contributed by atoms with Crippen LogP contribution in [0.15, 0.2) is 0 Å². The first-order valence-corrected chi connectivity index (χ1v) is 9.06. The number of amides is 2. The molecule has 1 unspecified atom stereocenters. The van der Waals surface area contributed by atoms with Crippen molar-refractivity contribution < 1.29 is 9.90 Å². The van der Waals surface area contributed by atoms with E-state index in [0.29, 0.717) is 31.0 Å². The van der Waals surface area contributed by atoms with Gasteiger partial charge in [-0.1, -0.05) is 6.92 Å². The molecule has 1 aliphatic heterocycles. The highest BCUT2D eigenvalue weighted by Gasteiger charge is 2.42. The molecular weight excluding hydrogens is 278 g/mol. The van der Waals surface area contributed by atoms with Gasteiger partial charge >= 0.3 is 6.03 Å². The van der Waals surface area contributed by atoms with Crippen molar-refractivity contribution in [1.82, 2.24) is 15.5 Å². The Balaban J connectivity index is 1.32. The van der Waals surface area contributed by atoms with Gasteiger partial charge in [-0.2, -0.15) is 0 Å². The maximum Gasteiger partial charge on any atom is 0.315 e. The molecule has 0 aromatic heterocycles. The van der Waals surface area contributed by atoms with Gasteiger partial charge in [-0.05, 0) is 69.4 Å². The molecule has 3 fully saturated rings. The van der Waals surface area contributed by atoms with E-state index in [0.717, 1.165) is 19.0 Å². The highest BCUT2D eigenvalue weighted by molar-refractivity contribution is 5.74. The number of carbonyl (C=O) groups is 1. The minimum atomic E-state index is -0.473. The van der Waals surface area contributed by atoms with Crippen LogP contribution in [0.25, 0.3) is 0 Å². The molecule has 1 atom stereocenters. The Bertz CT molecular complexity index is 362. The monoisotopic (exact) mass is 309 g/mol. The van der Waals surface area contributed by atoms with E-state index in [-0.39, 0.29) is 6.03 Å². The first-order valence-electron chi connectivity index (χ1n) is 9.06. The molecule has 0 aromatic carbocycles. The molecule has 0 aromatic rings. The Hall–Kier alpha value is -0.810. The molecule has 5 heteroatoms. The molecule has 2 aliphatic carbocycles. The molecule has 1 heterocycles. The van der Waals surface area contributed by atoms with Crippen LogP contribution in [0.3, 0.4) is 0 Å². The second-order valence-corrected chi connectivity index (χ2v) is 7.69. The molecule has 3 N–H and O–H groups in total. The fraction of sp³-hybridized carbons (Fsp3) is 0.941. The molecule has 5 nitrogen and oxygen atoms in total. The summed E-state index contributed by atoms with van der Waals surface area (Å²) in [5.74, 6) is 2.22. The van der Waals surface area contributed by atoms with Gasteiger partial charge in [0.25, 0.3) is 0 Å². The van der Waals surface area contributed by atoms with E-state index in [1.807, 2.05) is 0 Å². The molecule has 3 aliphatic rings. The van der Waals surface area contributed by atoms with Crippen molar-refractivity contribution in [1.29, 1.82) is 0 Å². The second kappa shape index (κ2) is 7.18. The number of hydrogen-bond acceptors (Lipinski definition) is 3. The average molecular weight is 309 g/mol. The van der Waals surface area contributed by atoms with Crippen molar-refractivity contribution in [3.63, 3.8) is 0 Å². The molecule has 1 saturated heterocycles. The fourth-order valence-electron chi connectivity index (χ4n) is 3.55. The van der Waals surface area contributed by atoms with Crippen molar-refractivity contribution >= 4 is 6.03 Å². The van der Waals surface area contributed by atoms with E-state index >= 15 is 0 Å². The lowest BCUT2D eigenvalue weighted by molar-refractivity contribution is 0.0918. The average Bonchev–Trinajstić information content (AvgIpc) is 3.38. The third kappa shape index (κ3) is 4.85. The highest BCUT2D eigenvalue weighted by atomic mass is 16.3. The summed E-state index contributed by atoms with van der Waals surface area (Å²) in [6, 6.07) is 0.274. The van der Waals surface area contributed by atoms with Crippen LogP contribution in [0.2, 0.25) is 0 Å².